The van der Waals surface area contributed by atoms with Crippen LogP contribution in [-0.2, 0) is 0 Å². The van der Waals surface area contributed by atoms with Crippen LogP contribution in [0.1, 0.15) is 0 Å². The zero-order chi connectivity index (χ0) is 11.7. The fourth-order valence-electron chi connectivity index (χ4n) is 0.837. The minimum atomic E-state index is -2.61. The fourth-order valence-corrected chi connectivity index (χ4v) is 0.837. The van der Waals surface area contributed by atoms with Crippen molar-refractivity contribution in [3.8, 4) is 5.75 Å². The molecule has 0 aliphatic carbocycles. The van der Waals surface area contributed by atoms with Crippen LogP contribution in [0.3, 0.4) is 0 Å². The van der Waals surface area contributed by atoms with E-state index in [1.165, 1.54) is 0 Å². The van der Waals surface area contributed by atoms with Crippen LogP contribution in [-0.4, -0.2) is 17.4 Å². The molecule has 4 nitrogen and oxygen atoms in total. The third-order valence-electron chi connectivity index (χ3n) is 1.48. The largest absolute Gasteiger partial charge is 0.707 e. The molecule has 0 aromatic heterocycles. The number of nitrogen functional groups attached to an aromatic ring is 1. The second-order valence-electron chi connectivity index (χ2n) is 2.44. The first-order valence-corrected chi connectivity index (χ1v) is 3.50. The van der Waals surface area contributed by atoms with Gasteiger partial charge in [0.25, 0.3) is 0 Å². The van der Waals surface area contributed by atoms with Crippen molar-refractivity contribution in [2.24, 2.45) is 0 Å². The number of halogens is 4. The summed E-state index contributed by atoms with van der Waals surface area (Å²) in [5.74, 6) is -9.22. The van der Waals surface area contributed by atoms with Crippen molar-refractivity contribution in [1.82, 2.24) is 0 Å². The van der Waals surface area contributed by atoms with Gasteiger partial charge in [-0.3, -0.25) is 0 Å². The maximum absolute atomic E-state index is 12.9. The fraction of sp³-hybridized carbons (Fsp3) is 0. The second kappa shape index (κ2) is 3.95. The summed E-state index contributed by atoms with van der Waals surface area (Å²) >= 11 is 0. The molecule has 0 saturated heterocycles. The van der Waals surface area contributed by atoms with Crippen LogP contribution in [0.2, 0.25) is 0 Å². The van der Waals surface area contributed by atoms with Crippen molar-refractivity contribution in [3.63, 3.8) is 0 Å². The van der Waals surface area contributed by atoms with E-state index in [1.807, 2.05) is 0 Å². The van der Waals surface area contributed by atoms with E-state index in [-0.39, 0.29) is 0 Å². The van der Waals surface area contributed by atoms with Gasteiger partial charge in [-0.05, 0) is 0 Å². The number of hydrogen-bond donors (Lipinski definition) is 3. The van der Waals surface area contributed by atoms with E-state index in [9.17, 15) is 17.6 Å². The second-order valence-corrected chi connectivity index (χ2v) is 2.44. The molecule has 1 aromatic carbocycles. The lowest BCUT2D eigenvalue weighted by Gasteiger charge is -2.10. The topological polar surface area (TPSA) is 75.7 Å². The van der Waals surface area contributed by atoms with E-state index in [0.717, 1.165) is 0 Å². The van der Waals surface area contributed by atoms with Gasteiger partial charge in [-0.1, -0.05) is 0 Å². The first-order valence-electron chi connectivity index (χ1n) is 3.50. The molecule has 0 bridgehead atoms. The van der Waals surface area contributed by atoms with Crippen molar-refractivity contribution in [2.45, 2.75) is 0 Å². The molecule has 82 valence electrons. The highest BCUT2D eigenvalue weighted by Crippen LogP contribution is 2.31. The standard InChI is InChI=1S/C6H4BF4NO3/c8-1-3(10)6(15-7(13)14)4(11)2(9)5(1)12/h13-14H,12H2. The Morgan fingerprint density at radius 2 is 1.33 bits per heavy atom. The molecule has 1 rings (SSSR count). The zero-order valence-electron chi connectivity index (χ0n) is 6.97. The quantitative estimate of drug-likeness (QED) is 0.290. The molecule has 15 heavy (non-hydrogen) atoms. The number of benzene rings is 1. The van der Waals surface area contributed by atoms with Crippen LogP contribution >= 0.6 is 0 Å². The maximum atomic E-state index is 12.9. The van der Waals surface area contributed by atoms with E-state index in [1.54, 1.807) is 0 Å². The van der Waals surface area contributed by atoms with Crippen LogP contribution in [0.4, 0.5) is 23.2 Å². The van der Waals surface area contributed by atoms with E-state index in [2.05, 4.69) is 10.4 Å². The average Bonchev–Trinajstić information content (AvgIpc) is 2.18. The highest BCUT2D eigenvalue weighted by atomic mass is 19.2. The molecule has 0 unspecified atom stereocenters. The summed E-state index contributed by atoms with van der Waals surface area (Å²) < 4.78 is 54.9. The minimum Gasteiger partial charge on any atom is -0.507 e. The van der Waals surface area contributed by atoms with Gasteiger partial charge in [-0.2, -0.15) is 8.78 Å². The third kappa shape index (κ3) is 1.97. The lowest BCUT2D eigenvalue weighted by Crippen LogP contribution is -2.23. The highest BCUT2D eigenvalue weighted by Gasteiger charge is 2.27. The van der Waals surface area contributed by atoms with E-state index in [0.29, 0.717) is 0 Å². The Morgan fingerprint density at radius 1 is 0.933 bits per heavy atom. The lowest BCUT2D eigenvalue weighted by atomic mass is 10.2. The summed E-state index contributed by atoms with van der Waals surface area (Å²) in [7, 11) is -2.61. The summed E-state index contributed by atoms with van der Waals surface area (Å²) in [4.78, 5) is 0. The van der Waals surface area contributed by atoms with Crippen molar-refractivity contribution < 1.29 is 32.3 Å². The number of anilines is 1. The molecule has 0 aliphatic rings. The molecule has 9 heteroatoms. The summed E-state index contributed by atoms with van der Waals surface area (Å²) in [5.41, 5.74) is 3.32. The van der Waals surface area contributed by atoms with Gasteiger partial charge in [0.05, 0.1) is 0 Å². The van der Waals surface area contributed by atoms with Crippen LogP contribution in [0, 0.1) is 23.3 Å². The lowest BCUT2D eigenvalue weighted by molar-refractivity contribution is 0.268. The Balaban J connectivity index is 3.39. The Bertz CT molecular complexity index is 371. The summed E-state index contributed by atoms with van der Waals surface area (Å²) in [6.45, 7) is 0. The number of rotatable bonds is 2. The zero-order valence-corrected chi connectivity index (χ0v) is 6.97. The summed E-state index contributed by atoms with van der Waals surface area (Å²) in [6.07, 6.45) is 0. The predicted octanol–water partition coefficient (Wildman–Crippen LogP) is 0.174. The molecule has 1 aromatic rings. The molecule has 0 atom stereocenters. The monoisotopic (exact) mass is 225 g/mol. The first-order chi connectivity index (χ1) is 6.86. The van der Waals surface area contributed by atoms with Gasteiger partial charge in [0.15, 0.2) is 17.4 Å². The van der Waals surface area contributed by atoms with Gasteiger partial charge >= 0.3 is 7.32 Å². The van der Waals surface area contributed by atoms with Crippen molar-refractivity contribution in [3.05, 3.63) is 23.3 Å². The Kier molecular flexibility index (Phi) is 3.05. The van der Waals surface area contributed by atoms with Gasteiger partial charge in [0.1, 0.15) is 5.69 Å². The summed E-state index contributed by atoms with van der Waals surface area (Å²) in [6, 6.07) is 0. The third-order valence-corrected chi connectivity index (χ3v) is 1.48. The van der Waals surface area contributed by atoms with Crippen molar-refractivity contribution in [1.29, 1.82) is 0 Å². The van der Waals surface area contributed by atoms with Gasteiger partial charge < -0.3 is 20.4 Å². The number of hydrogen-bond acceptors (Lipinski definition) is 4. The van der Waals surface area contributed by atoms with Crippen LogP contribution in [0.5, 0.6) is 5.75 Å². The van der Waals surface area contributed by atoms with Crippen LogP contribution in [0.25, 0.3) is 0 Å². The Hall–Kier alpha value is -1.48. The number of nitrogens with two attached hydrogens (primary N) is 1. The van der Waals surface area contributed by atoms with Gasteiger partial charge in [0.2, 0.25) is 11.6 Å². The van der Waals surface area contributed by atoms with Crippen molar-refractivity contribution >= 4 is 13.0 Å². The molecule has 0 spiro atoms. The summed E-state index contributed by atoms with van der Waals surface area (Å²) in [5, 5.41) is 16.5. The molecule has 4 N–H and O–H groups in total. The van der Waals surface area contributed by atoms with Crippen LogP contribution < -0.4 is 10.4 Å². The van der Waals surface area contributed by atoms with Gasteiger partial charge in [0, 0.05) is 0 Å². The van der Waals surface area contributed by atoms with E-state index >= 15 is 0 Å². The maximum Gasteiger partial charge on any atom is 0.707 e. The SMILES string of the molecule is Nc1c(F)c(F)c(OB(O)O)c(F)c1F. The molecule has 0 amide bonds. The molecule has 0 fully saturated rings. The first kappa shape index (κ1) is 11.6. The van der Waals surface area contributed by atoms with Gasteiger partial charge in [-0.15, -0.1) is 0 Å². The molecular weight excluding hydrogens is 221 g/mol. The minimum absolute atomic E-state index is 1.36. The van der Waals surface area contributed by atoms with Crippen molar-refractivity contribution in [2.75, 3.05) is 5.73 Å². The Labute approximate surface area is 81.1 Å². The van der Waals surface area contributed by atoms with E-state index < -0.39 is 42.0 Å². The average molecular weight is 225 g/mol. The molecule has 0 heterocycles. The molecular formula is C6H4BF4NO3. The Morgan fingerprint density at radius 3 is 1.67 bits per heavy atom. The highest BCUT2D eigenvalue weighted by molar-refractivity contribution is 6.33. The molecule has 0 saturated carbocycles. The van der Waals surface area contributed by atoms with Gasteiger partial charge in [-0.25, -0.2) is 8.78 Å². The van der Waals surface area contributed by atoms with E-state index in [4.69, 9.17) is 10.0 Å². The molecule has 0 aliphatic heterocycles. The molecule has 0 radical (unpaired) electrons. The normalized spacial score (nSPS) is 10.3. The predicted molar refractivity (Wildman–Crippen MR) is 41.5 cm³/mol. The van der Waals surface area contributed by atoms with Crippen LogP contribution in [0.15, 0.2) is 0 Å². The smallest absolute Gasteiger partial charge is 0.507 e.